The number of anilines is 1. The summed E-state index contributed by atoms with van der Waals surface area (Å²) in [7, 11) is -3.36. The number of benzene rings is 1. The summed E-state index contributed by atoms with van der Waals surface area (Å²) >= 11 is 1.21. The minimum Gasteiger partial charge on any atom is -0.341 e. The highest BCUT2D eigenvalue weighted by Crippen LogP contribution is 2.32. The van der Waals surface area contributed by atoms with Crippen LogP contribution in [0.3, 0.4) is 0 Å². The second kappa shape index (κ2) is 8.05. The molecular formula is C22H24N4O3S2. The highest BCUT2D eigenvalue weighted by atomic mass is 32.2. The number of nitrogens with one attached hydrogen (secondary N) is 2. The smallest absolute Gasteiger partial charge is 0.252 e. The minimum atomic E-state index is -3.36. The first-order valence-corrected chi connectivity index (χ1v) is 12.4. The molecule has 0 unspecified atom stereocenters. The minimum absolute atomic E-state index is 0.229. The molecule has 1 fully saturated rings. The second-order valence-electron chi connectivity index (χ2n) is 8.18. The number of pyridine rings is 1. The summed E-state index contributed by atoms with van der Waals surface area (Å²) in [5, 5.41) is 4.76. The lowest BCUT2D eigenvalue weighted by atomic mass is 9.99. The van der Waals surface area contributed by atoms with Gasteiger partial charge in [0.05, 0.1) is 16.5 Å². The number of hydrogen-bond acceptors (Lipinski definition) is 6. The average Bonchev–Trinajstić information content (AvgIpc) is 3.49. The third-order valence-electron chi connectivity index (χ3n) is 5.23. The third kappa shape index (κ3) is 4.77. The molecule has 31 heavy (non-hydrogen) atoms. The molecule has 2 N–H and O–H groups in total. The normalized spacial score (nSPS) is 14.3. The monoisotopic (exact) mass is 456 g/mol. The van der Waals surface area contributed by atoms with Gasteiger partial charge in [-0.25, -0.2) is 13.4 Å². The Morgan fingerprint density at radius 1 is 1.16 bits per heavy atom. The fourth-order valence-corrected chi connectivity index (χ4v) is 5.68. The van der Waals surface area contributed by atoms with Crippen LogP contribution in [0.1, 0.15) is 48.4 Å². The van der Waals surface area contributed by atoms with Gasteiger partial charge >= 0.3 is 0 Å². The molecule has 0 radical (unpaired) electrons. The molecule has 3 aromatic rings. The van der Waals surface area contributed by atoms with Crippen molar-refractivity contribution in [2.24, 2.45) is 0 Å². The van der Waals surface area contributed by atoms with Crippen LogP contribution in [-0.4, -0.2) is 29.5 Å². The number of nitrogens with zero attached hydrogens (tertiary/aromatic N) is 2. The molecule has 1 aliphatic carbocycles. The fourth-order valence-electron chi connectivity index (χ4n) is 3.20. The zero-order chi connectivity index (χ0) is 22.2. The molecule has 2 aromatic heterocycles. The maximum absolute atomic E-state index is 12.8. The Kier molecular flexibility index (Phi) is 5.57. The van der Waals surface area contributed by atoms with E-state index in [1.54, 1.807) is 23.7 Å². The quantitative estimate of drug-likeness (QED) is 0.558. The van der Waals surface area contributed by atoms with Crippen LogP contribution in [0.15, 0.2) is 48.0 Å². The van der Waals surface area contributed by atoms with Crippen LogP contribution in [-0.2, 0) is 15.6 Å². The van der Waals surface area contributed by atoms with E-state index < -0.39 is 15.6 Å². The second-order valence-corrected chi connectivity index (χ2v) is 11.0. The van der Waals surface area contributed by atoms with Crippen LogP contribution in [0.5, 0.6) is 0 Å². The molecule has 1 aliphatic rings. The van der Waals surface area contributed by atoms with E-state index in [1.165, 1.54) is 11.3 Å². The number of amides is 1. The molecule has 7 nitrogen and oxygen atoms in total. The van der Waals surface area contributed by atoms with Crippen LogP contribution in [0.25, 0.3) is 11.1 Å². The van der Waals surface area contributed by atoms with Gasteiger partial charge in [-0.3, -0.25) is 14.5 Å². The van der Waals surface area contributed by atoms with Crippen LogP contribution in [0, 0.1) is 6.92 Å². The zero-order valence-corrected chi connectivity index (χ0v) is 19.2. The summed E-state index contributed by atoms with van der Waals surface area (Å²) in [5.74, 6) is -0.229. The highest BCUT2D eigenvalue weighted by Gasteiger charge is 2.36. The Hall–Kier alpha value is -2.78. The third-order valence-corrected chi connectivity index (χ3v) is 7.94. The number of carbonyl (C=O) groups excluding carboxylic acids is 1. The van der Waals surface area contributed by atoms with Gasteiger partial charge < -0.3 is 5.32 Å². The lowest BCUT2D eigenvalue weighted by Crippen LogP contribution is -2.41. The number of sulfonamides is 1. The van der Waals surface area contributed by atoms with Crippen molar-refractivity contribution < 1.29 is 13.2 Å². The summed E-state index contributed by atoms with van der Waals surface area (Å²) in [6, 6.07) is 11.3. The Morgan fingerprint density at radius 3 is 2.52 bits per heavy atom. The van der Waals surface area contributed by atoms with Gasteiger partial charge in [-0.2, -0.15) is 0 Å². The Balaban J connectivity index is 1.45. The molecule has 162 valence electrons. The molecule has 0 atom stereocenters. The standard InChI is InChI=1S/C22H24N4O3S2/c1-14-18(5-4-12-23-14)15-6-8-16(9-7-15)20(27)25-22(2,3)19-13-30-21(24-19)26-31(28,29)17-10-11-17/h4-9,12-13,17H,10-11H2,1-3H3,(H,24,26)(H,25,27). The van der Waals surface area contributed by atoms with E-state index in [1.807, 2.05) is 45.0 Å². The maximum Gasteiger partial charge on any atom is 0.252 e. The summed E-state index contributed by atoms with van der Waals surface area (Å²) in [4.78, 5) is 21.5. The van der Waals surface area contributed by atoms with Crippen LogP contribution in [0.2, 0.25) is 0 Å². The predicted octanol–water partition coefficient (Wildman–Crippen LogP) is 4.08. The van der Waals surface area contributed by atoms with Gasteiger partial charge in [-0.15, -0.1) is 11.3 Å². The lowest BCUT2D eigenvalue weighted by molar-refractivity contribution is 0.0910. The first kappa shape index (κ1) is 21.5. The van der Waals surface area contributed by atoms with Crippen LogP contribution < -0.4 is 10.0 Å². The zero-order valence-electron chi connectivity index (χ0n) is 17.5. The van der Waals surface area contributed by atoms with Gasteiger partial charge in [-0.05, 0) is 57.4 Å². The predicted molar refractivity (Wildman–Crippen MR) is 123 cm³/mol. The largest absolute Gasteiger partial charge is 0.341 e. The topological polar surface area (TPSA) is 101 Å². The molecule has 2 heterocycles. The SMILES string of the molecule is Cc1ncccc1-c1ccc(C(=O)NC(C)(C)c2csc(NS(=O)(=O)C3CC3)n2)cc1. The molecular weight excluding hydrogens is 432 g/mol. The van der Waals surface area contributed by atoms with E-state index >= 15 is 0 Å². The van der Waals surface area contributed by atoms with Crippen molar-refractivity contribution in [1.29, 1.82) is 0 Å². The van der Waals surface area contributed by atoms with Gasteiger partial charge in [0.2, 0.25) is 10.0 Å². The van der Waals surface area contributed by atoms with Gasteiger partial charge in [0, 0.05) is 28.4 Å². The molecule has 0 bridgehead atoms. The van der Waals surface area contributed by atoms with E-state index in [0.29, 0.717) is 29.2 Å². The van der Waals surface area contributed by atoms with Gasteiger partial charge in [0.15, 0.2) is 5.13 Å². The van der Waals surface area contributed by atoms with Crippen LogP contribution in [0.4, 0.5) is 5.13 Å². The summed E-state index contributed by atoms with van der Waals surface area (Å²) < 4.78 is 26.8. The lowest BCUT2D eigenvalue weighted by Gasteiger charge is -2.24. The van der Waals surface area contributed by atoms with Crippen LogP contribution >= 0.6 is 11.3 Å². The summed E-state index contributed by atoms with van der Waals surface area (Å²) in [6.45, 7) is 5.63. The van der Waals surface area contributed by atoms with Crippen molar-refractivity contribution >= 4 is 32.4 Å². The molecule has 0 saturated heterocycles. The average molecular weight is 457 g/mol. The first-order valence-electron chi connectivity index (χ1n) is 9.98. The Bertz CT molecular complexity index is 1210. The number of hydrogen-bond donors (Lipinski definition) is 2. The van der Waals surface area contributed by atoms with Crippen molar-refractivity contribution in [3.63, 3.8) is 0 Å². The molecule has 1 amide bonds. The van der Waals surface area contributed by atoms with Crippen molar-refractivity contribution in [1.82, 2.24) is 15.3 Å². The van der Waals surface area contributed by atoms with Crippen molar-refractivity contribution in [3.8, 4) is 11.1 Å². The van der Waals surface area contributed by atoms with E-state index in [2.05, 4.69) is 20.0 Å². The van der Waals surface area contributed by atoms with E-state index in [0.717, 1.165) is 16.8 Å². The fraction of sp³-hybridized carbons (Fsp3) is 0.318. The number of carbonyl (C=O) groups is 1. The molecule has 4 rings (SSSR count). The number of aromatic nitrogens is 2. The van der Waals surface area contributed by atoms with Gasteiger partial charge in [-0.1, -0.05) is 18.2 Å². The summed E-state index contributed by atoms with van der Waals surface area (Å²) in [6.07, 6.45) is 3.13. The Morgan fingerprint density at radius 2 is 1.87 bits per heavy atom. The van der Waals surface area contributed by atoms with Gasteiger partial charge in [0.1, 0.15) is 0 Å². The van der Waals surface area contributed by atoms with E-state index in [4.69, 9.17) is 0 Å². The molecule has 9 heteroatoms. The van der Waals surface area contributed by atoms with E-state index in [9.17, 15) is 13.2 Å². The maximum atomic E-state index is 12.8. The summed E-state index contributed by atoms with van der Waals surface area (Å²) in [5.41, 5.74) is 3.31. The van der Waals surface area contributed by atoms with Crippen molar-refractivity contribution in [2.75, 3.05) is 4.72 Å². The number of thiazole rings is 1. The Labute approximate surface area is 186 Å². The van der Waals surface area contributed by atoms with Crippen molar-refractivity contribution in [3.05, 3.63) is 64.9 Å². The number of rotatable bonds is 7. The molecule has 0 spiro atoms. The van der Waals surface area contributed by atoms with E-state index in [-0.39, 0.29) is 11.2 Å². The van der Waals surface area contributed by atoms with Gasteiger partial charge in [0.25, 0.3) is 5.91 Å². The molecule has 1 aromatic carbocycles. The first-order chi connectivity index (χ1) is 14.7. The van der Waals surface area contributed by atoms with Crippen molar-refractivity contribution in [2.45, 2.75) is 44.4 Å². The molecule has 1 saturated carbocycles. The molecule has 0 aliphatic heterocycles. The highest BCUT2D eigenvalue weighted by molar-refractivity contribution is 7.93. The number of aryl methyl sites for hydroxylation is 1.